The molecule has 3 N–H and O–H groups in total. The average Bonchev–Trinajstić information content (AvgIpc) is 3.22. The molecule has 1 aliphatic heterocycles. The second-order valence-electron chi connectivity index (χ2n) is 5.21. The first-order valence-corrected chi connectivity index (χ1v) is 8.17. The van der Waals surface area contributed by atoms with Gasteiger partial charge in [0.05, 0.1) is 6.04 Å². The summed E-state index contributed by atoms with van der Waals surface area (Å²) in [6, 6.07) is 5.36. The third-order valence-corrected chi connectivity index (χ3v) is 4.30. The van der Waals surface area contributed by atoms with E-state index in [0.717, 1.165) is 11.1 Å². The normalized spacial score (nSPS) is 13.8. The number of primary amides is 1. The molecule has 0 saturated heterocycles. The lowest BCUT2D eigenvalue weighted by Gasteiger charge is -2.13. The predicted molar refractivity (Wildman–Crippen MR) is 86.7 cm³/mol. The Morgan fingerprint density at radius 1 is 1.39 bits per heavy atom. The fraction of sp³-hybridized carbons (Fsp3) is 0.312. The summed E-state index contributed by atoms with van der Waals surface area (Å²) in [6.45, 7) is 2.82. The highest BCUT2D eigenvalue weighted by molar-refractivity contribution is 7.07. The molecule has 0 radical (unpaired) electrons. The Balaban J connectivity index is 1.71. The largest absolute Gasteiger partial charge is 0.485 e. The first-order chi connectivity index (χ1) is 11.1. The SMILES string of the molecule is CC(NCc1ccc(OCc2ccsc2)c2c1OCO2)C(N)=O. The van der Waals surface area contributed by atoms with Crippen LogP contribution in [0, 0.1) is 0 Å². The van der Waals surface area contributed by atoms with Crippen molar-refractivity contribution < 1.29 is 19.0 Å². The molecule has 1 aliphatic rings. The van der Waals surface area contributed by atoms with Gasteiger partial charge in [-0.1, -0.05) is 6.07 Å². The quantitative estimate of drug-likeness (QED) is 0.809. The van der Waals surface area contributed by atoms with Crippen LogP contribution in [0.5, 0.6) is 17.2 Å². The molecule has 3 rings (SSSR count). The van der Waals surface area contributed by atoms with E-state index in [1.807, 2.05) is 29.0 Å². The van der Waals surface area contributed by atoms with Crippen LogP contribution in [0.2, 0.25) is 0 Å². The van der Waals surface area contributed by atoms with E-state index in [9.17, 15) is 4.79 Å². The number of amides is 1. The number of thiophene rings is 1. The first kappa shape index (κ1) is 15.6. The number of carbonyl (C=O) groups is 1. The van der Waals surface area contributed by atoms with E-state index in [2.05, 4.69) is 5.32 Å². The van der Waals surface area contributed by atoms with E-state index in [4.69, 9.17) is 19.9 Å². The molecule has 1 unspecified atom stereocenters. The highest BCUT2D eigenvalue weighted by Gasteiger charge is 2.23. The van der Waals surface area contributed by atoms with E-state index in [-0.39, 0.29) is 6.79 Å². The zero-order valence-electron chi connectivity index (χ0n) is 12.7. The average molecular weight is 334 g/mol. The van der Waals surface area contributed by atoms with Gasteiger partial charge >= 0.3 is 0 Å². The van der Waals surface area contributed by atoms with Gasteiger partial charge in [0.25, 0.3) is 0 Å². The number of fused-ring (bicyclic) bond motifs is 1. The highest BCUT2D eigenvalue weighted by Crippen LogP contribution is 2.43. The molecule has 1 aromatic carbocycles. The van der Waals surface area contributed by atoms with Gasteiger partial charge in [0.1, 0.15) is 6.61 Å². The highest BCUT2D eigenvalue weighted by atomic mass is 32.1. The maximum atomic E-state index is 11.1. The van der Waals surface area contributed by atoms with Gasteiger partial charge in [0.2, 0.25) is 18.4 Å². The van der Waals surface area contributed by atoms with Gasteiger partial charge in [-0.25, -0.2) is 0 Å². The first-order valence-electron chi connectivity index (χ1n) is 7.23. The zero-order chi connectivity index (χ0) is 16.2. The summed E-state index contributed by atoms with van der Waals surface area (Å²) in [5.41, 5.74) is 7.26. The Labute approximate surface area is 138 Å². The molecule has 2 heterocycles. The van der Waals surface area contributed by atoms with Gasteiger partial charge < -0.3 is 25.3 Å². The number of nitrogens with one attached hydrogen (secondary N) is 1. The smallest absolute Gasteiger partial charge is 0.234 e. The number of ether oxygens (including phenoxy) is 3. The Bertz CT molecular complexity index is 688. The molecule has 0 aliphatic carbocycles. The lowest BCUT2D eigenvalue weighted by Crippen LogP contribution is -2.38. The summed E-state index contributed by atoms with van der Waals surface area (Å²) >= 11 is 1.63. The fourth-order valence-electron chi connectivity index (χ4n) is 2.18. The van der Waals surface area contributed by atoms with Crippen molar-refractivity contribution in [2.45, 2.75) is 26.1 Å². The molecule has 122 valence electrons. The standard InChI is InChI=1S/C16H18N2O4S/c1-10(16(17)19)18-6-12-2-3-13(15-14(12)21-9-22-15)20-7-11-4-5-23-8-11/h2-5,8,10,18H,6-7,9H2,1H3,(H2,17,19). The predicted octanol–water partition coefficient (Wildman–Crippen LogP) is 2.02. The van der Waals surface area contributed by atoms with Crippen molar-refractivity contribution in [3.05, 3.63) is 40.1 Å². The Kier molecular flexibility index (Phi) is 4.68. The molecule has 6 nitrogen and oxygen atoms in total. The van der Waals surface area contributed by atoms with E-state index < -0.39 is 11.9 Å². The van der Waals surface area contributed by atoms with Gasteiger partial charge in [-0.05, 0) is 35.4 Å². The van der Waals surface area contributed by atoms with E-state index in [0.29, 0.717) is 30.4 Å². The van der Waals surface area contributed by atoms with E-state index >= 15 is 0 Å². The number of nitrogens with two attached hydrogens (primary N) is 1. The number of hydrogen-bond donors (Lipinski definition) is 2. The van der Waals surface area contributed by atoms with Crippen molar-refractivity contribution in [1.29, 1.82) is 0 Å². The lowest BCUT2D eigenvalue weighted by molar-refractivity contribution is -0.119. The van der Waals surface area contributed by atoms with Crippen LogP contribution < -0.4 is 25.3 Å². The van der Waals surface area contributed by atoms with Crippen molar-refractivity contribution in [3.8, 4) is 17.2 Å². The minimum absolute atomic E-state index is 0.159. The van der Waals surface area contributed by atoms with Crippen LogP contribution in [0.15, 0.2) is 29.0 Å². The van der Waals surface area contributed by atoms with Crippen molar-refractivity contribution >= 4 is 17.2 Å². The van der Waals surface area contributed by atoms with E-state index in [1.54, 1.807) is 18.3 Å². The molecule has 1 amide bonds. The molecule has 0 saturated carbocycles. The summed E-state index contributed by atoms with van der Waals surface area (Å²) in [6.07, 6.45) is 0. The molecule has 0 fully saturated rings. The summed E-state index contributed by atoms with van der Waals surface area (Å²) in [4.78, 5) is 11.1. The van der Waals surface area contributed by atoms with Crippen LogP contribution in [0.25, 0.3) is 0 Å². The molecule has 7 heteroatoms. The van der Waals surface area contributed by atoms with Gasteiger partial charge in [0, 0.05) is 12.1 Å². The summed E-state index contributed by atoms with van der Waals surface area (Å²) in [5, 5.41) is 7.11. The van der Waals surface area contributed by atoms with Crippen molar-refractivity contribution in [2.75, 3.05) is 6.79 Å². The van der Waals surface area contributed by atoms with Crippen LogP contribution in [0.1, 0.15) is 18.1 Å². The van der Waals surface area contributed by atoms with Crippen LogP contribution >= 0.6 is 11.3 Å². The van der Waals surface area contributed by atoms with Crippen LogP contribution in [0.4, 0.5) is 0 Å². The number of hydrogen-bond acceptors (Lipinski definition) is 6. The third kappa shape index (κ3) is 3.57. The van der Waals surface area contributed by atoms with Gasteiger partial charge in [-0.3, -0.25) is 4.79 Å². The lowest BCUT2D eigenvalue weighted by atomic mass is 10.1. The van der Waals surface area contributed by atoms with Gasteiger partial charge in [0.15, 0.2) is 11.5 Å². The molecule has 1 aromatic heterocycles. The number of carbonyl (C=O) groups excluding carboxylic acids is 1. The van der Waals surface area contributed by atoms with Gasteiger partial charge in [-0.15, -0.1) is 0 Å². The Morgan fingerprint density at radius 3 is 2.96 bits per heavy atom. The monoisotopic (exact) mass is 334 g/mol. The Morgan fingerprint density at radius 2 is 2.22 bits per heavy atom. The van der Waals surface area contributed by atoms with Crippen LogP contribution in [-0.4, -0.2) is 18.7 Å². The van der Waals surface area contributed by atoms with Crippen molar-refractivity contribution in [3.63, 3.8) is 0 Å². The maximum absolute atomic E-state index is 11.1. The van der Waals surface area contributed by atoms with E-state index in [1.165, 1.54) is 0 Å². The van der Waals surface area contributed by atoms with Crippen molar-refractivity contribution in [2.24, 2.45) is 5.73 Å². The molecular formula is C16H18N2O4S. The van der Waals surface area contributed by atoms with Crippen LogP contribution in [0.3, 0.4) is 0 Å². The maximum Gasteiger partial charge on any atom is 0.234 e. The molecule has 0 spiro atoms. The molecule has 1 atom stereocenters. The minimum Gasteiger partial charge on any atom is -0.485 e. The molecule has 0 bridgehead atoms. The van der Waals surface area contributed by atoms with Crippen LogP contribution in [-0.2, 0) is 17.9 Å². The van der Waals surface area contributed by atoms with Gasteiger partial charge in [-0.2, -0.15) is 11.3 Å². The molecule has 23 heavy (non-hydrogen) atoms. The Hall–Kier alpha value is -2.25. The number of benzene rings is 1. The fourth-order valence-corrected chi connectivity index (χ4v) is 2.83. The second-order valence-corrected chi connectivity index (χ2v) is 5.99. The topological polar surface area (TPSA) is 82.8 Å². The third-order valence-electron chi connectivity index (χ3n) is 3.56. The molecule has 2 aromatic rings. The summed E-state index contributed by atoms with van der Waals surface area (Å²) in [5.74, 6) is 1.51. The summed E-state index contributed by atoms with van der Waals surface area (Å²) in [7, 11) is 0. The molecular weight excluding hydrogens is 316 g/mol. The second kappa shape index (κ2) is 6.89. The minimum atomic E-state index is -0.414. The zero-order valence-corrected chi connectivity index (χ0v) is 13.5. The summed E-state index contributed by atoms with van der Waals surface area (Å²) < 4.78 is 16.9. The van der Waals surface area contributed by atoms with Crippen molar-refractivity contribution in [1.82, 2.24) is 5.32 Å². The number of rotatable bonds is 7.